The van der Waals surface area contributed by atoms with Crippen molar-refractivity contribution in [3.63, 3.8) is 0 Å². The topological polar surface area (TPSA) is 20.2 Å². The van der Waals surface area contributed by atoms with E-state index in [2.05, 4.69) is 6.92 Å². The van der Waals surface area contributed by atoms with Crippen LogP contribution in [-0.4, -0.2) is 5.11 Å². The van der Waals surface area contributed by atoms with Crippen molar-refractivity contribution in [2.75, 3.05) is 0 Å². The first-order chi connectivity index (χ1) is 7.16. The molecular formula is C13H17ClO. The number of rotatable bonds is 2. The Balaban J connectivity index is 2.36. The first kappa shape index (κ1) is 11.0. The van der Waals surface area contributed by atoms with E-state index in [4.69, 9.17) is 11.6 Å². The molecule has 0 amide bonds. The third kappa shape index (κ3) is 1.91. The highest BCUT2D eigenvalue weighted by Gasteiger charge is 2.41. The fraction of sp³-hybridized carbons (Fsp3) is 0.538. The summed E-state index contributed by atoms with van der Waals surface area (Å²) in [6, 6.07) is 7.65. The summed E-state index contributed by atoms with van der Waals surface area (Å²) in [5.41, 5.74) is 0.346. The lowest BCUT2D eigenvalue weighted by Crippen LogP contribution is -2.29. The molecule has 1 aromatic carbocycles. The van der Waals surface area contributed by atoms with Crippen LogP contribution in [0.15, 0.2) is 24.3 Å². The van der Waals surface area contributed by atoms with E-state index in [9.17, 15) is 5.11 Å². The van der Waals surface area contributed by atoms with Crippen LogP contribution in [0.2, 0.25) is 5.02 Å². The highest BCUT2D eigenvalue weighted by atomic mass is 35.5. The molecule has 1 fully saturated rings. The van der Waals surface area contributed by atoms with Gasteiger partial charge in [-0.15, -0.1) is 0 Å². The second-order valence-corrected chi connectivity index (χ2v) is 4.87. The Bertz CT molecular complexity index is 350. The van der Waals surface area contributed by atoms with Crippen LogP contribution in [0.4, 0.5) is 0 Å². The minimum Gasteiger partial charge on any atom is -0.385 e. The number of hydrogen-bond donors (Lipinski definition) is 1. The molecule has 15 heavy (non-hydrogen) atoms. The lowest BCUT2D eigenvalue weighted by Gasteiger charge is -2.30. The van der Waals surface area contributed by atoms with Crippen molar-refractivity contribution in [1.82, 2.24) is 0 Å². The summed E-state index contributed by atoms with van der Waals surface area (Å²) in [6.45, 7) is 2.14. The van der Waals surface area contributed by atoms with Gasteiger partial charge in [-0.05, 0) is 42.9 Å². The molecule has 0 bridgehead atoms. The van der Waals surface area contributed by atoms with Gasteiger partial charge in [0.25, 0.3) is 0 Å². The van der Waals surface area contributed by atoms with Crippen LogP contribution in [0.1, 0.15) is 38.2 Å². The molecule has 2 rings (SSSR count). The van der Waals surface area contributed by atoms with Gasteiger partial charge in [-0.3, -0.25) is 0 Å². The maximum Gasteiger partial charge on any atom is 0.0924 e. The van der Waals surface area contributed by atoms with Gasteiger partial charge < -0.3 is 5.11 Å². The Morgan fingerprint density at radius 2 is 2.33 bits per heavy atom. The summed E-state index contributed by atoms with van der Waals surface area (Å²) < 4.78 is 0. The lowest BCUT2D eigenvalue weighted by molar-refractivity contribution is -0.00386. The Kier molecular flexibility index (Phi) is 3.03. The molecule has 1 saturated carbocycles. The zero-order chi connectivity index (χ0) is 10.9. The molecular weight excluding hydrogens is 208 g/mol. The van der Waals surface area contributed by atoms with E-state index in [0.29, 0.717) is 10.9 Å². The Morgan fingerprint density at radius 1 is 1.53 bits per heavy atom. The van der Waals surface area contributed by atoms with E-state index in [1.165, 1.54) is 0 Å². The predicted octanol–water partition coefficient (Wildman–Crippen LogP) is 3.74. The van der Waals surface area contributed by atoms with Crippen molar-refractivity contribution < 1.29 is 5.11 Å². The normalized spacial score (nSPS) is 30.7. The molecule has 0 aliphatic heterocycles. The van der Waals surface area contributed by atoms with E-state index in [1.54, 1.807) is 0 Å². The fourth-order valence-electron chi connectivity index (χ4n) is 2.74. The monoisotopic (exact) mass is 224 g/mol. The number of benzene rings is 1. The minimum absolute atomic E-state index is 0.385. The van der Waals surface area contributed by atoms with Crippen molar-refractivity contribution in [2.45, 2.75) is 38.2 Å². The van der Waals surface area contributed by atoms with E-state index in [-0.39, 0.29) is 0 Å². The van der Waals surface area contributed by atoms with Crippen molar-refractivity contribution in [3.05, 3.63) is 34.9 Å². The molecule has 1 nitrogen and oxygen atoms in total. The van der Waals surface area contributed by atoms with E-state index in [0.717, 1.165) is 31.2 Å². The molecule has 2 heteroatoms. The number of halogens is 1. The van der Waals surface area contributed by atoms with Gasteiger partial charge in [0.1, 0.15) is 0 Å². The standard InChI is InChI=1S/C13H17ClO/c1-2-10-6-4-8-13(10,15)11-5-3-7-12(14)9-11/h3,5,7,9-10,15H,2,4,6,8H2,1H3. The quantitative estimate of drug-likeness (QED) is 0.812. The lowest BCUT2D eigenvalue weighted by atomic mass is 9.82. The van der Waals surface area contributed by atoms with Gasteiger partial charge in [-0.2, -0.15) is 0 Å². The molecule has 1 aromatic rings. The molecule has 1 aliphatic carbocycles. The average molecular weight is 225 g/mol. The summed E-state index contributed by atoms with van der Waals surface area (Å²) in [6.07, 6.45) is 4.13. The van der Waals surface area contributed by atoms with Crippen LogP contribution < -0.4 is 0 Å². The Labute approximate surface area is 96.1 Å². The van der Waals surface area contributed by atoms with Gasteiger partial charge in [0, 0.05) is 5.02 Å². The third-order valence-corrected chi connectivity index (χ3v) is 3.84. The smallest absolute Gasteiger partial charge is 0.0924 e. The fourth-order valence-corrected chi connectivity index (χ4v) is 2.93. The Morgan fingerprint density at radius 3 is 3.00 bits per heavy atom. The molecule has 0 heterocycles. The summed E-state index contributed by atoms with van der Waals surface area (Å²) >= 11 is 5.97. The van der Waals surface area contributed by atoms with E-state index < -0.39 is 5.60 Å². The first-order valence-corrected chi connectivity index (χ1v) is 6.03. The van der Waals surface area contributed by atoms with Crippen LogP contribution in [0.25, 0.3) is 0 Å². The zero-order valence-electron chi connectivity index (χ0n) is 9.04. The van der Waals surface area contributed by atoms with Crippen LogP contribution in [0.5, 0.6) is 0 Å². The molecule has 0 aromatic heterocycles. The molecule has 1 N–H and O–H groups in total. The predicted molar refractivity (Wildman–Crippen MR) is 63.0 cm³/mol. The van der Waals surface area contributed by atoms with Crippen molar-refractivity contribution in [2.24, 2.45) is 5.92 Å². The maximum atomic E-state index is 10.7. The van der Waals surface area contributed by atoms with Crippen LogP contribution in [0.3, 0.4) is 0 Å². The largest absolute Gasteiger partial charge is 0.385 e. The molecule has 2 atom stereocenters. The second kappa shape index (κ2) is 4.15. The van der Waals surface area contributed by atoms with E-state index in [1.807, 2.05) is 24.3 Å². The molecule has 82 valence electrons. The third-order valence-electron chi connectivity index (χ3n) is 3.60. The highest BCUT2D eigenvalue weighted by molar-refractivity contribution is 6.30. The summed E-state index contributed by atoms with van der Waals surface area (Å²) in [4.78, 5) is 0. The molecule has 1 aliphatic rings. The van der Waals surface area contributed by atoms with E-state index >= 15 is 0 Å². The van der Waals surface area contributed by atoms with Gasteiger partial charge in [0.15, 0.2) is 0 Å². The first-order valence-electron chi connectivity index (χ1n) is 5.65. The highest BCUT2D eigenvalue weighted by Crippen LogP contribution is 2.45. The number of hydrogen-bond acceptors (Lipinski definition) is 1. The average Bonchev–Trinajstić information content (AvgIpc) is 2.61. The summed E-state index contributed by atoms with van der Waals surface area (Å²) in [5.74, 6) is 0.385. The molecule has 0 spiro atoms. The number of aliphatic hydroxyl groups is 1. The molecule has 2 unspecified atom stereocenters. The summed E-state index contributed by atoms with van der Waals surface area (Å²) in [5, 5.41) is 11.4. The Hall–Kier alpha value is -0.530. The van der Waals surface area contributed by atoms with Gasteiger partial charge in [-0.1, -0.05) is 37.1 Å². The van der Waals surface area contributed by atoms with Crippen LogP contribution in [-0.2, 0) is 5.60 Å². The van der Waals surface area contributed by atoms with Crippen molar-refractivity contribution >= 4 is 11.6 Å². The van der Waals surface area contributed by atoms with Gasteiger partial charge in [0.2, 0.25) is 0 Å². The van der Waals surface area contributed by atoms with Gasteiger partial charge in [-0.25, -0.2) is 0 Å². The summed E-state index contributed by atoms with van der Waals surface area (Å²) in [7, 11) is 0. The van der Waals surface area contributed by atoms with Crippen LogP contribution >= 0.6 is 11.6 Å². The van der Waals surface area contributed by atoms with Crippen molar-refractivity contribution in [1.29, 1.82) is 0 Å². The molecule has 0 radical (unpaired) electrons. The van der Waals surface area contributed by atoms with Gasteiger partial charge >= 0.3 is 0 Å². The maximum absolute atomic E-state index is 10.7. The van der Waals surface area contributed by atoms with Gasteiger partial charge in [0.05, 0.1) is 5.60 Å². The second-order valence-electron chi connectivity index (χ2n) is 4.43. The molecule has 0 saturated heterocycles. The zero-order valence-corrected chi connectivity index (χ0v) is 9.80. The SMILES string of the molecule is CCC1CCCC1(O)c1cccc(Cl)c1. The van der Waals surface area contributed by atoms with Crippen LogP contribution in [0, 0.1) is 5.92 Å². The minimum atomic E-state index is -0.639. The van der Waals surface area contributed by atoms with Crippen molar-refractivity contribution in [3.8, 4) is 0 Å².